The molecule has 0 fully saturated rings. The second-order valence-electron chi connectivity index (χ2n) is 5.08. The summed E-state index contributed by atoms with van der Waals surface area (Å²) in [6.45, 7) is 0.468. The predicted octanol–water partition coefficient (Wildman–Crippen LogP) is 1.56. The molecule has 0 aliphatic carbocycles. The molecule has 0 saturated heterocycles. The maximum atomic E-state index is 11.9. The Balaban J connectivity index is 1.51. The number of ether oxygens (including phenoxy) is 1. The van der Waals surface area contributed by atoms with Crippen LogP contribution in [0.25, 0.3) is 10.6 Å². The standard InChI is InChI=1S/C17H16N4O3S/c22-16(12-24-13-3-1-7-18-11-13)19-8-9-21-17(23)6-5-14(20-21)15-4-2-10-25-15/h1-7,10-11H,8-9,12H2,(H,19,22). The fraction of sp³-hybridized carbons (Fsp3) is 0.176. The molecule has 128 valence electrons. The van der Waals surface area contributed by atoms with Gasteiger partial charge in [-0.05, 0) is 29.6 Å². The third-order valence-corrected chi connectivity index (χ3v) is 4.18. The lowest BCUT2D eigenvalue weighted by molar-refractivity contribution is -0.123. The highest BCUT2D eigenvalue weighted by atomic mass is 32.1. The first-order valence-corrected chi connectivity index (χ1v) is 8.52. The zero-order valence-corrected chi connectivity index (χ0v) is 14.1. The molecule has 1 N–H and O–H groups in total. The van der Waals surface area contributed by atoms with Crippen LogP contribution in [0.5, 0.6) is 5.75 Å². The monoisotopic (exact) mass is 356 g/mol. The van der Waals surface area contributed by atoms with Crippen LogP contribution in [-0.4, -0.2) is 33.8 Å². The molecule has 0 radical (unpaired) electrons. The number of carbonyl (C=O) groups excluding carboxylic acids is 1. The number of nitrogens with one attached hydrogen (secondary N) is 1. The second-order valence-corrected chi connectivity index (χ2v) is 6.03. The minimum absolute atomic E-state index is 0.108. The lowest BCUT2D eigenvalue weighted by atomic mass is 10.3. The second kappa shape index (κ2) is 8.20. The molecular weight excluding hydrogens is 340 g/mol. The number of thiophene rings is 1. The zero-order chi connectivity index (χ0) is 17.5. The van der Waals surface area contributed by atoms with E-state index in [9.17, 15) is 9.59 Å². The van der Waals surface area contributed by atoms with Crippen molar-refractivity contribution in [2.75, 3.05) is 13.2 Å². The Kier molecular flexibility index (Phi) is 5.53. The van der Waals surface area contributed by atoms with E-state index in [2.05, 4.69) is 15.4 Å². The van der Waals surface area contributed by atoms with Crippen LogP contribution in [-0.2, 0) is 11.3 Å². The number of amides is 1. The molecule has 0 bridgehead atoms. The fourth-order valence-electron chi connectivity index (χ4n) is 2.10. The Labute approximate surface area is 147 Å². The van der Waals surface area contributed by atoms with E-state index in [0.29, 0.717) is 5.75 Å². The van der Waals surface area contributed by atoms with Crippen LogP contribution < -0.4 is 15.6 Å². The van der Waals surface area contributed by atoms with E-state index in [1.165, 1.54) is 16.9 Å². The van der Waals surface area contributed by atoms with Gasteiger partial charge in [-0.3, -0.25) is 14.6 Å². The molecular formula is C17H16N4O3S. The van der Waals surface area contributed by atoms with E-state index < -0.39 is 0 Å². The zero-order valence-electron chi connectivity index (χ0n) is 13.3. The lowest BCUT2D eigenvalue weighted by Crippen LogP contribution is -2.34. The summed E-state index contributed by atoms with van der Waals surface area (Å²) in [5, 5.41) is 8.98. The number of nitrogens with zero attached hydrogens (tertiary/aromatic N) is 3. The normalized spacial score (nSPS) is 10.4. The molecule has 3 rings (SSSR count). The Bertz CT molecular complexity index is 878. The van der Waals surface area contributed by atoms with Gasteiger partial charge in [0.25, 0.3) is 11.5 Å². The van der Waals surface area contributed by atoms with Crippen molar-refractivity contribution in [3.05, 3.63) is 64.5 Å². The van der Waals surface area contributed by atoms with Gasteiger partial charge in [0.1, 0.15) is 11.4 Å². The third kappa shape index (κ3) is 4.74. The Morgan fingerprint density at radius 2 is 2.16 bits per heavy atom. The van der Waals surface area contributed by atoms with E-state index in [1.54, 1.807) is 35.7 Å². The highest BCUT2D eigenvalue weighted by Gasteiger charge is 2.06. The average molecular weight is 356 g/mol. The molecule has 0 aliphatic heterocycles. The average Bonchev–Trinajstić information content (AvgIpc) is 3.17. The van der Waals surface area contributed by atoms with Crippen molar-refractivity contribution in [3.8, 4) is 16.3 Å². The first-order valence-electron chi connectivity index (χ1n) is 7.64. The molecule has 0 aromatic carbocycles. The molecule has 8 heteroatoms. The van der Waals surface area contributed by atoms with Crippen LogP contribution in [0.4, 0.5) is 0 Å². The summed E-state index contributed by atoms with van der Waals surface area (Å²) in [7, 11) is 0. The maximum Gasteiger partial charge on any atom is 0.266 e. The Hall–Kier alpha value is -3.00. The number of aromatic nitrogens is 3. The van der Waals surface area contributed by atoms with Gasteiger partial charge >= 0.3 is 0 Å². The molecule has 1 amide bonds. The van der Waals surface area contributed by atoms with Crippen molar-refractivity contribution in [2.45, 2.75) is 6.54 Å². The number of hydrogen-bond donors (Lipinski definition) is 1. The summed E-state index contributed by atoms with van der Waals surface area (Å²) in [4.78, 5) is 28.6. The van der Waals surface area contributed by atoms with Crippen LogP contribution in [0.1, 0.15) is 0 Å². The van der Waals surface area contributed by atoms with Crippen LogP contribution in [0, 0.1) is 0 Å². The molecule has 3 aromatic heterocycles. The van der Waals surface area contributed by atoms with Gasteiger partial charge in [-0.15, -0.1) is 11.3 Å². The van der Waals surface area contributed by atoms with Gasteiger partial charge in [-0.25, -0.2) is 4.68 Å². The number of hydrogen-bond acceptors (Lipinski definition) is 6. The van der Waals surface area contributed by atoms with Crippen molar-refractivity contribution in [3.63, 3.8) is 0 Å². The lowest BCUT2D eigenvalue weighted by Gasteiger charge is -2.09. The predicted molar refractivity (Wildman–Crippen MR) is 94.6 cm³/mol. The van der Waals surface area contributed by atoms with Gasteiger partial charge < -0.3 is 10.1 Å². The first kappa shape index (κ1) is 16.8. The Morgan fingerprint density at radius 1 is 1.24 bits per heavy atom. The minimum Gasteiger partial charge on any atom is -0.482 e. The van der Waals surface area contributed by atoms with Crippen molar-refractivity contribution < 1.29 is 9.53 Å². The van der Waals surface area contributed by atoms with E-state index in [-0.39, 0.29) is 31.2 Å². The SMILES string of the molecule is O=C(COc1cccnc1)NCCn1nc(-c2cccs2)ccc1=O. The van der Waals surface area contributed by atoms with Gasteiger partial charge in [0.2, 0.25) is 0 Å². The number of rotatable bonds is 7. The van der Waals surface area contributed by atoms with Gasteiger partial charge in [-0.2, -0.15) is 5.10 Å². The summed E-state index contributed by atoms with van der Waals surface area (Å²) in [5.41, 5.74) is 0.530. The summed E-state index contributed by atoms with van der Waals surface area (Å²) < 4.78 is 6.65. The molecule has 0 unspecified atom stereocenters. The molecule has 3 aromatic rings. The van der Waals surface area contributed by atoms with Crippen molar-refractivity contribution in [2.24, 2.45) is 0 Å². The van der Waals surface area contributed by atoms with Gasteiger partial charge in [0.05, 0.1) is 17.6 Å². The van der Waals surface area contributed by atoms with E-state index in [1.807, 2.05) is 17.5 Å². The molecule has 7 nitrogen and oxygen atoms in total. The van der Waals surface area contributed by atoms with Crippen molar-refractivity contribution in [1.82, 2.24) is 20.1 Å². The van der Waals surface area contributed by atoms with Gasteiger partial charge in [-0.1, -0.05) is 6.07 Å². The van der Waals surface area contributed by atoms with E-state index in [4.69, 9.17) is 4.74 Å². The summed E-state index contributed by atoms with van der Waals surface area (Å²) in [6, 6.07) is 10.5. The van der Waals surface area contributed by atoms with Crippen molar-refractivity contribution >= 4 is 17.2 Å². The molecule has 0 aliphatic rings. The van der Waals surface area contributed by atoms with Crippen molar-refractivity contribution in [1.29, 1.82) is 0 Å². The highest BCUT2D eigenvalue weighted by molar-refractivity contribution is 7.13. The molecule has 3 heterocycles. The minimum atomic E-state index is -0.272. The van der Waals surface area contributed by atoms with E-state index >= 15 is 0 Å². The van der Waals surface area contributed by atoms with Crippen LogP contribution in [0.2, 0.25) is 0 Å². The largest absolute Gasteiger partial charge is 0.482 e. The van der Waals surface area contributed by atoms with E-state index in [0.717, 1.165) is 10.6 Å². The topological polar surface area (TPSA) is 86.1 Å². The maximum absolute atomic E-state index is 11.9. The van der Waals surface area contributed by atoms with Gasteiger partial charge in [0.15, 0.2) is 6.61 Å². The fourth-order valence-corrected chi connectivity index (χ4v) is 2.79. The summed E-state index contributed by atoms with van der Waals surface area (Å²) >= 11 is 1.55. The third-order valence-electron chi connectivity index (χ3n) is 3.29. The molecule has 0 saturated carbocycles. The van der Waals surface area contributed by atoms with Crippen LogP contribution >= 0.6 is 11.3 Å². The first-order chi connectivity index (χ1) is 12.2. The van der Waals surface area contributed by atoms with Crippen LogP contribution in [0.3, 0.4) is 0 Å². The number of carbonyl (C=O) groups is 1. The number of pyridine rings is 1. The molecule has 0 atom stereocenters. The highest BCUT2D eigenvalue weighted by Crippen LogP contribution is 2.20. The Morgan fingerprint density at radius 3 is 2.92 bits per heavy atom. The smallest absolute Gasteiger partial charge is 0.266 e. The van der Waals surface area contributed by atoms with Gasteiger partial charge in [0, 0.05) is 18.8 Å². The molecule has 25 heavy (non-hydrogen) atoms. The quantitative estimate of drug-likeness (QED) is 0.694. The summed E-state index contributed by atoms with van der Waals surface area (Å²) in [6.07, 6.45) is 3.16. The summed E-state index contributed by atoms with van der Waals surface area (Å²) in [5.74, 6) is 0.255. The molecule has 0 spiro atoms. The van der Waals surface area contributed by atoms with Crippen LogP contribution in [0.15, 0.2) is 59.0 Å².